The number of carbonyl (C=O) groups excluding carboxylic acids is 1. The largest absolute Gasteiger partial charge is 0.491 e. The normalized spacial score (nSPS) is 20.3. The van der Waals surface area contributed by atoms with Crippen LogP contribution in [0.3, 0.4) is 0 Å². The lowest BCUT2D eigenvalue weighted by Crippen LogP contribution is -2.53. The summed E-state index contributed by atoms with van der Waals surface area (Å²) in [6.07, 6.45) is 4.59. The van der Waals surface area contributed by atoms with Crippen molar-refractivity contribution in [1.29, 1.82) is 0 Å². The van der Waals surface area contributed by atoms with Gasteiger partial charge < -0.3 is 19.3 Å². The highest BCUT2D eigenvalue weighted by molar-refractivity contribution is 6.32. The summed E-state index contributed by atoms with van der Waals surface area (Å²) in [7, 11) is 1.82. The van der Waals surface area contributed by atoms with Gasteiger partial charge in [-0.1, -0.05) is 11.6 Å². The second kappa shape index (κ2) is 7.29. The first-order chi connectivity index (χ1) is 12.3. The van der Waals surface area contributed by atoms with Gasteiger partial charge in [-0.15, -0.1) is 0 Å². The zero-order valence-corrected chi connectivity index (χ0v) is 16.1. The first kappa shape index (κ1) is 18.7. The minimum Gasteiger partial charge on any atom is -0.491 e. The lowest BCUT2D eigenvalue weighted by molar-refractivity contribution is -0.0533. The monoisotopic (exact) mass is 377 g/mol. The molecule has 2 aromatic rings. The van der Waals surface area contributed by atoms with Crippen LogP contribution in [0.2, 0.25) is 5.02 Å². The third-order valence-electron chi connectivity index (χ3n) is 4.68. The number of nitrogens with zero attached hydrogens (tertiary/aromatic N) is 3. The quantitative estimate of drug-likeness (QED) is 0.889. The van der Waals surface area contributed by atoms with Gasteiger partial charge in [-0.05, 0) is 49.9 Å². The number of aryl methyl sites for hydroxylation is 3. The van der Waals surface area contributed by atoms with E-state index in [9.17, 15) is 9.90 Å². The maximum atomic E-state index is 12.6. The van der Waals surface area contributed by atoms with Gasteiger partial charge in [-0.2, -0.15) is 0 Å². The molecule has 1 aliphatic rings. The summed E-state index contributed by atoms with van der Waals surface area (Å²) in [5, 5.41) is 11.6. The number of imidazole rings is 1. The second-order valence-electron chi connectivity index (χ2n) is 7.14. The average Bonchev–Trinajstić information content (AvgIpc) is 3.03. The number of β-amino-alcohol motifs (C(OH)–C–C–N with tert-alkyl or cyclic N) is 1. The number of hydrogen-bond donors (Lipinski definition) is 1. The van der Waals surface area contributed by atoms with E-state index in [1.54, 1.807) is 22.0 Å². The maximum Gasteiger partial charge on any atom is 0.274 e. The van der Waals surface area contributed by atoms with Crippen LogP contribution >= 0.6 is 11.6 Å². The minimum atomic E-state index is -1.08. The van der Waals surface area contributed by atoms with E-state index in [-0.39, 0.29) is 19.1 Å². The van der Waals surface area contributed by atoms with Crippen molar-refractivity contribution in [1.82, 2.24) is 14.5 Å². The van der Waals surface area contributed by atoms with Gasteiger partial charge in [0, 0.05) is 24.8 Å². The molecule has 1 aromatic carbocycles. The fourth-order valence-electron chi connectivity index (χ4n) is 3.30. The Kier molecular flexibility index (Phi) is 5.25. The van der Waals surface area contributed by atoms with Crippen LogP contribution in [0.1, 0.15) is 34.5 Å². The Morgan fingerprint density at radius 2 is 2.08 bits per heavy atom. The van der Waals surface area contributed by atoms with Crippen molar-refractivity contribution in [3.05, 3.63) is 46.5 Å². The zero-order chi connectivity index (χ0) is 18.9. The van der Waals surface area contributed by atoms with Gasteiger partial charge >= 0.3 is 0 Å². The Morgan fingerprint density at radius 1 is 1.38 bits per heavy atom. The van der Waals surface area contributed by atoms with Crippen molar-refractivity contribution in [2.75, 3.05) is 19.7 Å². The molecule has 140 valence electrons. The number of ether oxygens (including phenoxy) is 1. The fraction of sp³-hybridized carbons (Fsp3) is 0.474. The highest BCUT2D eigenvalue weighted by atomic mass is 35.5. The molecule has 2 heterocycles. The van der Waals surface area contributed by atoms with Crippen molar-refractivity contribution in [3.63, 3.8) is 0 Å². The van der Waals surface area contributed by atoms with Gasteiger partial charge in [0.05, 0.1) is 12.9 Å². The fourth-order valence-corrected chi connectivity index (χ4v) is 3.41. The second-order valence-corrected chi connectivity index (χ2v) is 7.52. The Balaban J connectivity index is 1.66. The molecule has 0 saturated carbocycles. The van der Waals surface area contributed by atoms with Crippen molar-refractivity contribution in [2.45, 2.75) is 32.3 Å². The molecule has 1 amide bonds. The number of carbonyl (C=O) groups is 1. The molecule has 1 N–H and O–H groups in total. The number of amides is 1. The van der Waals surface area contributed by atoms with Crippen LogP contribution in [-0.2, 0) is 7.05 Å². The van der Waals surface area contributed by atoms with Gasteiger partial charge in [-0.3, -0.25) is 4.79 Å². The predicted molar refractivity (Wildman–Crippen MR) is 99.7 cm³/mol. The number of rotatable bonds is 4. The Labute approximate surface area is 158 Å². The third-order valence-corrected chi connectivity index (χ3v) is 5.28. The van der Waals surface area contributed by atoms with Gasteiger partial charge in [0.15, 0.2) is 0 Å². The first-order valence-corrected chi connectivity index (χ1v) is 9.04. The van der Waals surface area contributed by atoms with Crippen LogP contribution in [0.25, 0.3) is 0 Å². The summed E-state index contributed by atoms with van der Waals surface area (Å²) in [5.74, 6) is 0.507. The molecular weight excluding hydrogens is 354 g/mol. The standard InChI is InChI=1S/C19H24ClN3O3/c1-13-7-15(8-14(2)17(13)20)26-11-19(25)5-4-6-23(10-19)18(24)16-9-22(3)12-21-16/h7-9,12,25H,4-6,10-11H2,1-3H3. The van der Waals surface area contributed by atoms with Gasteiger partial charge in [0.25, 0.3) is 5.91 Å². The maximum absolute atomic E-state index is 12.6. The summed E-state index contributed by atoms with van der Waals surface area (Å²) in [4.78, 5) is 18.3. The lowest BCUT2D eigenvalue weighted by Gasteiger charge is -2.38. The molecule has 1 fully saturated rings. The lowest BCUT2D eigenvalue weighted by atomic mass is 9.93. The van der Waals surface area contributed by atoms with Crippen LogP contribution < -0.4 is 4.74 Å². The summed E-state index contributed by atoms with van der Waals surface area (Å²) in [5.41, 5.74) is 1.18. The Morgan fingerprint density at radius 3 is 2.69 bits per heavy atom. The highest BCUT2D eigenvalue weighted by Gasteiger charge is 2.36. The minimum absolute atomic E-state index is 0.125. The SMILES string of the molecule is Cc1cc(OCC2(O)CCCN(C(=O)c3cn(C)cn3)C2)cc(C)c1Cl. The predicted octanol–water partition coefficient (Wildman–Crippen LogP) is 2.74. The Bertz CT molecular complexity index is 797. The van der Waals surface area contributed by atoms with Gasteiger partial charge in [0.2, 0.25) is 0 Å². The van der Waals surface area contributed by atoms with E-state index in [0.29, 0.717) is 24.4 Å². The number of piperidine rings is 1. The molecule has 1 aromatic heterocycles. The number of aliphatic hydroxyl groups is 1. The molecule has 0 aliphatic carbocycles. The first-order valence-electron chi connectivity index (χ1n) is 8.67. The summed E-state index contributed by atoms with van der Waals surface area (Å²) >= 11 is 6.18. The number of likely N-dealkylation sites (tertiary alicyclic amines) is 1. The number of hydrogen-bond acceptors (Lipinski definition) is 4. The zero-order valence-electron chi connectivity index (χ0n) is 15.3. The van der Waals surface area contributed by atoms with Crippen LogP contribution in [0, 0.1) is 13.8 Å². The van der Waals surface area contributed by atoms with Crippen LogP contribution in [-0.4, -0.2) is 50.8 Å². The molecule has 7 heteroatoms. The average molecular weight is 378 g/mol. The van der Waals surface area contributed by atoms with Crippen molar-refractivity contribution < 1.29 is 14.6 Å². The molecule has 1 aliphatic heterocycles. The van der Waals surface area contributed by atoms with E-state index in [4.69, 9.17) is 16.3 Å². The molecule has 26 heavy (non-hydrogen) atoms. The van der Waals surface area contributed by atoms with E-state index in [1.165, 1.54) is 0 Å². The molecule has 1 unspecified atom stereocenters. The summed E-state index contributed by atoms with van der Waals surface area (Å²) in [6.45, 7) is 4.81. The van der Waals surface area contributed by atoms with E-state index >= 15 is 0 Å². The topological polar surface area (TPSA) is 67.6 Å². The summed E-state index contributed by atoms with van der Waals surface area (Å²) < 4.78 is 7.57. The third kappa shape index (κ3) is 4.02. The van der Waals surface area contributed by atoms with Crippen molar-refractivity contribution in [2.24, 2.45) is 7.05 Å². The van der Waals surface area contributed by atoms with E-state index in [1.807, 2.05) is 33.0 Å². The number of halogens is 1. The van der Waals surface area contributed by atoms with Crippen LogP contribution in [0.5, 0.6) is 5.75 Å². The molecule has 0 spiro atoms. The molecule has 1 saturated heterocycles. The number of benzene rings is 1. The van der Waals surface area contributed by atoms with Crippen LogP contribution in [0.15, 0.2) is 24.7 Å². The van der Waals surface area contributed by atoms with Gasteiger partial charge in [0.1, 0.15) is 23.7 Å². The highest BCUT2D eigenvalue weighted by Crippen LogP contribution is 2.28. The summed E-state index contributed by atoms with van der Waals surface area (Å²) in [6, 6.07) is 3.72. The molecule has 0 radical (unpaired) electrons. The van der Waals surface area contributed by atoms with Gasteiger partial charge in [-0.25, -0.2) is 4.98 Å². The molecule has 6 nitrogen and oxygen atoms in total. The van der Waals surface area contributed by atoms with E-state index in [0.717, 1.165) is 22.6 Å². The smallest absolute Gasteiger partial charge is 0.274 e. The van der Waals surface area contributed by atoms with Crippen LogP contribution in [0.4, 0.5) is 0 Å². The van der Waals surface area contributed by atoms with Crippen molar-refractivity contribution in [3.8, 4) is 5.75 Å². The molecule has 0 bridgehead atoms. The number of aromatic nitrogens is 2. The van der Waals surface area contributed by atoms with E-state index < -0.39 is 5.60 Å². The van der Waals surface area contributed by atoms with E-state index in [2.05, 4.69) is 4.98 Å². The molecule has 1 atom stereocenters. The Hall–Kier alpha value is -2.05. The molecular formula is C19H24ClN3O3. The van der Waals surface area contributed by atoms with Crippen molar-refractivity contribution >= 4 is 17.5 Å². The molecule has 3 rings (SSSR count).